The molecule has 1 aliphatic carbocycles. The van der Waals surface area contributed by atoms with Crippen molar-refractivity contribution in [1.29, 1.82) is 0 Å². The summed E-state index contributed by atoms with van der Waals surface area (Å²) >= 11 is 6.20. The number of ketones is 1. The molecule has 0 aromatic heterocycles. The molecule has 1 aromatic carbocycles. The summed E-state index contributed by atoms with van der Waals surface area (Å²) in [5.41, 5.74) is 8.18. The van der Waals surface area contributed by atoms with Crippen LogP contribution in [0.3, 0.4) is 0 Å². The summed E-state index contributed by atoms with van der Waals surface area (Å²) in [4.78, 5) is 12.4. The number of carbonyl (C=O) groups is 1. The predicted molar refractivity (Wildman–Crippen MR) is 79.5 cm³/mol. The molecular formula is C16H22ClNO. The molecule has 1 aromatic rings. The number of benzene rings is 1. The quantitative estimate of drug-likeness (QED) is 0.858. The molecule has 1 aliphatic rings. The SMILES string of the molecule is Cc1ccc(CC(=O)C2CCCCCC2N)c(Cl)c1. The topological polar surface area (TPSA) is 43.1 Å². The van der Waals surface area contributed by atoms with Gasteiger partial charge in [0.15, 0.2) is 0 Å². The molecule has 2 nitrogen and oxygen atoms in total. The van der Waals surface area contributed by atoms with Crippen LogP contribution in [-0.2, 0) is 11.2 Å². The first-order valence-electron chi connectivity index (χ1n) is 7.11. The standard InChI is InChI=1S/C16H22ClNO/c1-11-7-8-12(14(17)9-11)10-16(19)13-5-3-2-4-6-15(13)18/h7-9,13,15H,2-6,10,18H2,1H3. The van der Waals surface area contributed by atoms with E-state index in [9.17, 15) is 4.79 Å². The van der Waals surface area contributed by atoms with E-state index < -0.39 is 0 Å². The second-order valence-corrected chi connectivity index (χ2v) is 6.05. The number of rotatable bonds is 3. The molecule has 2 atom stereocenters. The van der Waals surface area contributed by atoms with Gasteiger partial charge in [0.05, 0.1) is 0 Å². The molecule has 1 fully saturated rings. The van der Waals surface area contributed by atoms with Gasteiger partial charge < -0.3 is 5.73 Å². The van der Waals surface area contributed by atoms with E-state index in [1.165, 1.54) is 6.42 Å². The molecule has 2 rings (SSSR count). The molecule has 0 amide bonds. The van der Waals surface area contributed by atoms with Crippen LogP contribution in [0.15, 0.2) is 18.2 Å². The Labute approximate surface area is 120 Å². The van der Waals surface area contributed by atoms with E-state index in [4.69, 9.17) is 17.3 Å². The molecule has 3 heteroatoms. The molecule has 2 N–H and O–H groups in total. The molecule has 0 saturated heterocycles. The molecule has 104 valence electrons. The Kier molecular flexibility index (Phi) is 5.00. The zero-order valence-corrected chi connectivity index (χ0v) is 12.2. The van der Waals surface area contributed by atoms with Gasteiger partial charge >= 0.3 is 0 Å². The van der Waals surface area contributed by atoms with Gasteiger partial charge in [-0.05, 0) is 37.0 Å². The van der Waals surface area contributed by atoms with Crippen LogP contribution in [0.5, 0.6) is 0 Å². The Morgan fingerprint density at radius 2 is 2.05 bits per heavy atom. The van der Waals surface area contributed by atoms with Crippen LogP contribution >= 0.6 is 11.6 Å². The zero-order valence-electron chi connectivity index (χ0n) is 11.5. The van der Waals surface area contributed by atoms with Crippen LogP contribution in [0.1, 0.15) is 43.2 Å². The monoisotopic (exact) mass is 279 g/mol. The van der Waals surface area contributed by atoms with Crippen LogP contribution < -0.4 is 5.73 Å². The summed E-state index contributed by atoms with van der Waals surface area (Å²) in [6, 6.07) is 5.90. The maximum Gasteiger partial charge on any atom is 0.141 e. The van der Waals surface area contributed by atoms with E-state index >= 15 is 0 Å². The van der Waals surface area contributed by atoms with Crippen LogP contribution in [0, 0.1) is 12.8 Å². The smallest absolute Gasteiger partial charge is 0.141 e. The van der Waals surface area contributed by atoms with Crippen molar-refractivity contribution >= 4 is 17.4 Å². The second-order valence-electron chi connectivity index (χ2n) is 5.65. The molecule has 0 aliphatic heterocycles. The van der Waals surface area contributed by atoms with Crippen molar-refractivity contribution in [2.75, 3.05) is 0 Å². The van der Waals surface area contributed by atoms with Crippen molar-refractivity contribution in [3.8, 4) is 0 Å². The van der Waals surface area contributed by atoms with E-state index in [1.807, 2.05) is 25.1 Å². The summed E-state index contributed by atoms with van der Waals surface area (Å²) in [6.45, 7) is 2.00. The van der Waals surface area contributed by atoms with Crippen molar-refractivity contribution in [3.05, 3.63) is 34.3 Å². The van der Waals surface area contributed by atoms with Gasteiger partial charge in [-0.25, -0.2) is 0 Å². The summed E-state index contributed by atoms with van der Waals surface area (Å²) in [6.07, 6.45) is 5.78. The van der Waals surface area contributed by atoms with E-state index in [0.717, 1.165) is 36.8 Å². The lowest BCUT2D eigenvalue weighted by atomic mass is 9.88. The molecule has 0 spiro atoms. The van der Waals surface area contributed by atoms with Gasteiger partial charge in [0.1, 0.15) is 5.78 Å². The first-order valence-corrected chi connectivity index (χ1v) is 7.49. The first kappa shape index (κ1) is 14.5. The fourth-order valence-electron chi connectivity index (χ4n) is 2.85. The molecule has 0 radical (unpaired) electrons. The lowest BCUT2D eigenvalue weighted by Gasteiger charge is -2.20. The number of aryl methyl sites for hydroxylation is 1. The van der Waals surface area contributed by atoms with Gasteiger partial charge in [-0.1, -0.05) is 43.0 Å². The Hall–Kier alpha value is -0.860. The number of carbonyl (C=O) groups excluding carboxylic acids is 1. The fourth-order valence-corrected chi connectivity index (χ4v) is 3.15. The highest BCUT2D eigenvalue weighted by atomic mass is 35.5. The molecule has 19 heavy (non-hydrogen) atoms. The molecule has 2 unspecified atom stereocenters. The molecular weight excluding hydrogens is 258 g/mol. The number of hydrogen-bond acceptors (Lipinski definition) is 2. The third kappa shape index (κ3) is 3.80. The van der Waals surface area contributed by atoms with E-state index in [-0.39, 0.29) is 17.7 Å². The van der Waals surface area contributed by atoms with Crippen LogP contribution in [-0.4, -0.2) is 11.8 Å². The maximum atomic E-state index is 12.4. The minimum Gasteiger partial charge on any atom is -0.327 e. The minimum atomic E-state index is 0.0138. The summed E-state index contributed by atoms with van der Waals surface area (Å²) < 4.78 is 0. The van der Waals surface area contributed by atoms with Crippen LogP contribution in [0.4, 0.5) is 0 Å². The van der Waals surface area contributed by atoms with E-state index in [1.54, 1.807) is 0 Å². The molecule has 1 saturated carbocycles. The van der Waals surface area contributed by atoms with E-state index in [0.29, 0.717) is 11.4 Å². The summed E-state index contributed by atoms with van der Waals surface area (Å²) in [5.74, 6) is 0.264. The lowest BCUT2D eigenvalue weighted by molar-refractivity contribution is -0.123. The van der Waals surface area contributed by atoms with Gasteiger partial charge in [0, 0.05) is 23.4 Å². The number of nitrogens with two attached hydrogens (primary N) is 1. The lowest BCUT2D eigenvalue weighted by Crippen LogP contribution is -2.35. The minimum absolute atomic E-state index is 0.0138. The van der Waals surface area contributed by atoms with Crippen LogP contribution in [0.2, 0.25) is 5.02 Å². The highest BCUT2D eigenvalue weighted by Crippen LogP contribution is 2.26. The summed E-state index contributed by atoms with van der Waals surface area (Å²) in [5, 5.41) is 0.690. The van der Waals surface area contributed by atoms with E-state index in [2.05, 4.69) is 0 Å². The fraction of sp³-hybridized carbons (Fsp3) is 0.562. The third-order valence-electron chi connectivity index (χ3n) is 4.06. The Bertz CT molecular complexity index is 458. The molecule has 0 bridgehead atoms. The normalized spacial score (nSPS) is 23.9. The van der Waals surface area contributed by atoms with Gasteiger partial charge in [-0.15, -0.1) is 0 Å². The van der Waals surface area contributed by atoms with Crippen molar-refractivity contribution in [3.63, 3.8) is 0 Å². The van der Waals surface area contributed by atoms with Gasteiger partial charge in [-0.3, -0.25) is 4.79 Å². The van der Waals surface area contributed by atoms with Gasteiger partial charge in [0.2, 0.25) is 0 Å². The third-order valence-corrected chi connectivity index (χ3v) is 4.41. The highest BCUT2D eigenvalue weighted by molar-refractivity contribution is 6.31. The maximum absolute atomic E-state index is 12.4. The second kappa shape index (κ2) is 6.53. The Morgan fingerprint density at radius 1 is 1.32 bits per heavy atom. The number of halogens is 1. The highest BCUT2D eigenvalue weighted by Gasteiger charge is 2.27. The van der Waals surface area contributed by atoms with Crippen molar-refractivity contribution in [2.45, 2.75) is 51.5 Å². The Morgan fingerprint density at radius 3 is 2.79 bits per heavy atom. The van der Waals surface area contributed by atoms with Crippen molar-refractivity contribution in [1.82, 2.24) is 0 Å². The van der Waals surface area contributed by atoms with Crippen molar-refractivity contribution in [2.24, 2.45) is 11.7 Å². The van der Waals surface area contributed by atoms with Crippen LogP contribution in [0.25, 0.3) is 0 Å². The largest absolute Gasteiger partial charge is 0.327 e. The predicted octanol–water partition coefficient (Wildman–Crippen LogP) is 3.67. The van der Waals surface area contributed by atoms with Gasteiger partial charge in [-0.2, -0.15) is 0 Å². The van der Waals surface area contributed by atoms with Crippen molar-refractivity contribution < 1.29 is 4.79 Å². The molecule has 0 heterocycles. The average Bonchev–Trinajstić information content (AvgIpc) is 2.57. The zero-order chi connectivity index (χ0) is 13.8. The first-order chi connectivity index (χ1) is 9.08. The average molecular weight is 280 g/mol. The summed E-state index contributed by atoms with van der Waals surface area (Å²) in [7, 11) is 0. The number of hydrogen-bond donors (Lipinski definition) is 1. The number of Topliss-reactive ketones (excluding diaryl/α,β-unsaturated/α-hetero) is 1. The van der Waals surface area contributed by atoms with Gasteiger partial charge in [0.25, 0.3) is 0 Å². The Balaban J connectivity index is 2.07.